The lowest BCUT2D eigenvalue weighted by atomic mass is 10.1. The zero-order chi connectivity index (χ0) is 12.7. The van der Waals surface area contributed by atoms with E-state index in [1.165, 1.54) is 0 Å². The fourth-order valence-electron chi connectivity index (χ4n) is 1.67. The van der Waals surface area contributed by atoms with Crippen molar-refractivity contribution in [2.45, 2.75) is 33.4 Å². The van der Waals surface area contributed by atoms with E-state index in [2.05, 4.69) is 24.1 Å². The molecule has 1 aromatic rings. The van der Waals surface area contributed by atoms with Crippen molar-refractivity contribution >= 4 is 0 Å². The number of nitrogens with zero attached hydrogens (tertiary/aromatic N) is 1. The number of rotatable bonds is 7. The van der Waals surface area contributed by atoms with Gasteiger partial charge in [-0.25, -0.2) is 4.39 Å². The van der Waals surface area contributed by atoms with Gasteiger partial charge in [0.15, 0.2) is 0 Å². The van der Waals surface area contributed by atoms with E-state index in [0.717, 1.165) is 37.2 Å². The van der Waals surface area contributed by atoms with Crippen LogP contribution in [0.15, 0.2) is 18.2 Å². The highest BCUT2D eigenvalue weighted by atomic mass is 19.1. The second-order valence-electron chi connectivity index (χ2n) is 4.43. The van der Waals surface area contributed by atoms with Crippen molar-refractivity contribution in [2.75, 3.05) is 20.1 Å². The van der Waals surface area contributed by atoms with Gasteiger partial charge >= 0.3 is 0 Å². The fourth-order valence-corrected chi connectivity index (χ4v) is 1.67. The van der Waals surface area contributed by atoms with Gasteiger partial charge in [-0.15, -0.1) is 0 Å². The lowest BCUT2D eigenvalue weighted by molar-refractivity contribution is 0.339. The summed E-state index contributed by atoms with van der Waals surface area (Å²) in [6.07, 6.45) is 1.12. The minimum atomic E-state index is -0.107. The van der Waals surface area contributed by atoms with Crippen molar-refractivity contribution in [2.24, 2.45) is 0 Å². The summed E-state index contributed by atoms with van der Waals surface area (Å²) in [5, 5.41) is 3.33. The summed E-state index contributed by atoms with van der Waals surface area (Å²) in [5.41, 5.74) is 1.93. The Labute approximate surface area is 104 Å². The summed E-state index contributed by atoms with van der Waals surface area (Å²) in [4.78, 5) is 2.10. The van der Waals surface area contributed by atoms with Crippen molar-refractivity contribution in [3.8, 4) is 0 Å². The van der Waals surface area contributed by atoms with Gasteiger partial charge in [0.25, 0.3) is 0 Å². The molecule has 0 spiro atoms. The predicted octanol–water partition coefficient (Wildman–Crippen LogP) is 2.78. The van der Waals surface area contributed by atoms with Crippen LogP contribution in [0.2, 0.25) is 0 Å². The Bertz CT molecular complexity index is 339. The second-order valence-corrected chi connectivity index (χ2v) is 4.43. The molecule has 2 nitrogen and oxygen atoms in total. The Morgan fingerprint density at radius 2 is 2.06 bits per heavy atom. The van der Waals surface area contributed by atoms with Crippen LogP contribution in [0, 0.1) is 5.82 Å². The van der Waals surface area contributed by atoms with Crippen LogP contribution in [0.1, 0.15) is 31.4 Å². The van der Waals surface area contributed by atoms with E-state index >= 15 is 0 Å². The molecule has 1 N–H and O–H groups in total. The van der Waals surface area contributed by atoms with Crippen molar-refractivity contribution in [1.29, 1.82) is 0 Å². The van der Waals surface area contributed by atoms with Crippen LogP contribution in [0.5, 0.6) is 0 Å². The first kappa shape index (κ1) is 14.1. The van der Waals surface area contributed by atoms with Gasteiger partial charge in [-0.1, -0.05) is 26.0 Å². The standard InChI is InChI=1S/C14H23FN2/c1-4-8-16-10-12-6-7-14(15)13(9-12)11-17(3)5-2/h6-7,9,16H,4-5,8,10-11H2,1-3H3. The smallest absolute Gasteiger partial charge is 0.127 e. The fraction of sp³-hybridized carbons (Fsp3) is 0.571. The third-order valence-electron chi connectivity index (χ3n) is 2.85. The van der Waals surface area contributed by atoms with Crippen molar-refractivity contribution < 1.29 is 4.39 Å². The van der Waals surface area contributed by atoms with Gasteiger partial charge in [0.1, 0.15) is 5.82 Å². The maximum Gasteiger partial charge on any atom is 0.127 e. The molecule has 0 saturated heterocycles. The van der Waals surface area contributed by atoms with Crippen LogP contribution in [0.25, 0.3) is 0 Å². The highest BCUT2D eigenvalue weighted by molar-refractivity contribution is 5.25. The second kappa shape index (κ2) is 7.41. The Morgan fingerprint density at radius 1 is 1.29 bits per heavy atom. The van der Waals surface area contributed by atoms with Gasteiger partial charge < -0.3 is 10.2 Å². The van der Waals surface area contributed by atoms with Crippen molar-refractivity contribution in [3.05, 3.63) is 35.1 Å². The molecule has 0 aromatic heterocycles. The van der Waals surface area contributed by atoms with E-state index < -0.39 is 0 Å². The third kappa shape index (κ3) is 4.84. The molecule has 0 amide bonds. The van der Waals surface area contributed by atoms with E-state index in [9.17, 15) is 4.39 Å². The molecule has 3 heteroatoms. The van der Waals surface area contributed by atoms with E-state index in [1.807, 2.05) is 19.2 Å². The van der Waals surface area contributed by atoms with Crippen molar-refractivity contribution in [3.63, 3.8) is 0 Å². The molecule has 0 atom stereocenters. The predicted molar refractivity (Wildman–Crippen MR) is 70.4 cm³/mol. The molecule has 0 aliphatic heterocycles. The zero-order valence-corrected chi connectivity index (χ0v) is 11.1. The van der Waals surface area contributed by atoms with Gasteiger partial charge in [0.05, 0.1) is 0 Å². The molecule has 0 unspecified atom stereocenters. The molecular weight excluding hydrogens is 215 g/mol. The number of benzene rings is 1. The summed E-state index contributed by atoms with van der Waals surface area (Å²) in [6.45, 7) is 7.63. The van der Waals surface area contributed by atoms with Crippen molar-refractivity contribution in [1.82, 2.24) is 10.2 Å². The van der Waals surface area contributed by atoms with E-state index in [4.69, 9.17) is 0 Å². The Kier molecular flexibility index (Phi) is 6.16. The Hall–Kier alpha value is -0.930. The molecule has 0 bridgehead atoms. The molecule has 0 fully saturated rings. The minimum Gasteiger partial charge on any atom is -0.313 e. The average Bonchev–Trinajstić information content (AvgIpc) is 2.33. The number of nitrogens with one attached hydrogen (secondary N) is 1. The van der Waals surface area contributed by atoms with Crippen LogP contribution in [-0.2, 0) is 13.1 Å². The van der Waals surface area contributed by atoms with Gasteiger partial charge in [-0.2, -0.15) is 0 Å². The van der Waals surface area contributed by atoms with Crippen LogP contribution in [0.4, 0.5) is 4.39 Å². The molecule has 96 valence electrons. The maximum absolute atomic E-state index is 13.6. The SMILES string of the molecule is CCCNCc1ccc(F)c(CN(C)CC)c1. The van der Waals surface area contributed by atoms with E-state index in [-0.39, 0.29) is 5.82 Å². The van der Waals surface area contributed by atoms with Crippen LogP contribution in [0.3, 0.4) is 0 Å². The topological polar surface area (TPSA) is 15.3 Å². The average molecular weight is 238 g/mol. The van der Waals surface area contributed by atoms with Crippen LogP contribution >= 0.6 is 0 Å². The first-order valence-corrected chi connectivity index (χ1v) is 6.34. The highest BCUT2D eigenvalue weighted by Crippen LogP contribution is 2.12. The molecule has 17 heavy (non-hydrogen) atoms. The molecule has 0 aliphatic carbocycles. The van der Waals surface area contributed by atoms with Gasteiger partial charge in [0, 0.05) is 18.7 Å². The number of hydrogen-bond donors (Lipinski definition) is 1. The number of hydrogen-bond acceptors (Lipinski definition) is 2. The lowest BCUT2D eigenvalue weighted by Gasteiger charge is -2.15. The number of halogens is 1. The normalized spacial score (nSPS) is 11.1. The van der Waals surface area contributed by atoms with E-state index in [1.54, 1.807) is 6.07 Å². The Morgan fingerprint density at radius 3 is 2.71 bits per heavy atom. The quantitative estimate of drug-likeness (QED) is 0.735. The molecule has 1 aromatic carbocycles. The monoisotopic (exact) mass is 238 g/mol. The molecule has 0 aliphatic rings. The summed E-state index contributed by atoms with van der Waals surface area (Å²) < 4.78 is 13.6. The summed E-state index contributed by atoms with van der Waals surface area (Å²) in [5.74, 6) is -0.107. The summed E-state index contributed by atoms with van der Waals surface area (Å²) in [7, 11) is 2.00. The lowest BCUT2D eigenvalue weighted by Crippen LogP contribution is -2.18. The van der Waals surface area contributed by atoms with Gasteiger partial charge in [-0.3, -0.25) is 0 Å². The van der Waals surface area contributed by atoms with Gasteiger partial charge in [0.2, 0.25) is 0 Å². The molecular formula is C14H23FN2. The maximum atomic E-state index is 13.6. The van der Waals surface area contributed by atoms with Crippen LogP contribution in [-0.4, -0.2) is 25.0 Å². The molecule has 0 heterocycles. The Balaban J connectivity index is 2.65. The summed E-state index contributed by atoms with van der Waals surface area (Å²) >= 11 is 0. The summed E-state index contributed by atoms with van der Waals surface area (Å²) in [6, 6.07) is 5.39. The molecule has 1 rings (SSSR count). The highest BCUT2D eigenvalue weighted by Gasteiger charge is 2.05. The largest absolute Gasteiger partial charge is 0.313 e. The zero-order valence-electron chi connectivity index (χ0n) is 11.1. The van der Waals surface area contributed by atoms with Crippen LogP contribution < -0.4 is 5.32 Å². The molecule has 0 saturated carbocycles. The minimum absolute atomic E-state index is 0.107. The van der Waals surface area contributed by atoms with E-state index in [0.29, 0.717) is 6.54 Å². The molecule has 0 radical (unpaired) electrons. The van der Waals surface area contributed by atoms with Gasteiger partial charge in [-0.05, 0) is 38.2 Å². The first-order valence-electron chi connectivity index (χ1n) is 6.34. The first-order chi connectivity index (χ1) is 8.17. The third-order valence-corrected chi connectivity index (χ3v) is 2.85.